The van der Waals surface area contributed by atoms with Gasteiger partial charge in [-0.1, -0.05) is 11.8 Å². The summed E-state index contributed by atoms with van der Waals surface area (Å²) < 4.78 is 12.5. The molecular weight excluding hydrogens is 302 g/mol. The maximum absolute atomic E-state index is 13.0. The van der Waals surface area contributed by atoms with E-state index in [2.05, 4.69) is 9.97 Å². The number of rotatable bonds is 2. The fourth-order valence-corrected chi connectivity index (χ4v) is 3.26. The lowest BCUT2D eigenvalue weighted by molar-refractivity contribution is 0.0902. The molecule has 0 N–H and O–H groups in total. The van der Waals surface area contributed by atoms with Gasteiger partial charge in [0.2, 0.25) is 0 Å². The van der Waals surface area contributed by atoms with Gasteiger partial charge in [-0.25, -0.2) is 14.4 Å². The summed E-state index contributed by atoms with van der Waals surface area (Å²) in [6.45, 7) is 0.829. The molecule has 0 aliphatic carbocycles. The smallest absolute Gasteiger partial charge is 0.266 e. The first-order chi connectivity index (χ1) is 10.8. The van der Waals surface area contributed by atoms with Gasteiger partial charge in [0.25, 0.3) is 5.56 Å². The minimum absolute atomic E-state index is 0.110. The van der Waals surface area contributed by atoms with E-state index in [-0.39, 0.29) is 11.7 Å². The van der Waals surface area contributed by atoms with Crippen LogP contribution in [0.25, 0.3) is 5.65 Å². The fraction of sp³-hybridized carbons (Fsp3) is 0.267. The minimum Gasteiger partial charge on any atom is -0.497 e. The highest BCUT2D eigenvalue weighted by molar-refractivity contribution is 7.98. The quantitative estimate of drug-likeness (QED) is 0.622. The number of thioether (sulfide) groups is 1. The summed E-state index contributed by atoms with van der Waals surface area (Å²) in [6, 6.07) is 1.74. The standard InChI is InChI=1S/C15H13N3O3S/c1-22-15-16-5-2-11-17-10-8-21-13(9-3-6-20-7-4-9)12(10)14(19)18(11)15/h2-6,13H,7-8H2,1H3. The maximum Gasteiger partial charge on any atom is 0.266 e. The third-order valence-corrected chi connectivity index (χ3v) is 4.38. The van der Waals surface area contributed by atoms with Gasteiger partial charge in [-0.15, -0.1) is 0 Å². The van der Waals surface area contributed by atoms with Crippen LogP contribution in [-0.2, 0) is 16.1 Å². The van der Waals surface area contributed by atoms with Gasteiger partial charge in [0.1, 0.15) is 18.4 Å². The topological polar surface area (TPSA) is 65.7 Å². The molecule has 4 rings (SSSR count). The third-order valence-electron chi connectivity index (χ3n) is 3.73. The molecular formula is C15H13N3O3S. The summed E-state index contributed by atoms with van der Waals surface area (Å²) in [6.07, 6.45) is 8.54. The Morgan fingerprint density at radius 2 is 2.36 bits per heavy atom. The molecule has 1 unspecified atom stereocenters. The molecule has 0 bridgehead atoms. The Kier molecular flexibility index (Phi) is 3.24. The Labute approximate surface area is 130 Å². The van der Waals surface area contributed by atoms with E-state index in [4.69, 9.17) is 9.47 Å². The van der Waals surface area contributed by atoms with Crippen molar-refractivity contribution >= 4 is 17.4 Å². The average Bonchev–Trinajstić information content (AvgIpc) is 2.99. The van der Waals surface area contributed by atoms with Crippen LogP contribution < -0.4 is 5.56 Å². The molecule has 7 heteroatoms. The molecule has 1 atom stereocenters. The van der Waals surface area contributed by atoms with Gasteiger partial charge in [0.05, 0.1) is 24.1 Å². The summed E-state index contributed by atoms with van der Waals surface area (Å²) in [5, 5.41) is 0.625. The molecule has 2 aliphatic rings. The van der Waals surface area contributed by atoms with E-state index in [1.807, 2.05) is 18.4 Å². The zero-order valence-corrected chi connectivity index (χ0v) is 12.7. The summed E-state index contributed by atoms with van der Waals surface area (Å²) in [7, 11) is 0. The lowest BCUT2D eigenvalue weighted by atomic mass is 10.0. The Morgan fingerprint density at radius 1 is 1.45 bits per heavy atom. The molecule has 2 aliphatic heterocycles. The molecule has 4 heterocycles. The third kappa shape index (κ3) is 1.97. The van der Waals surface area contributed by atoms with Gasteiger partial charge < -0.3 is 9.47 Å². The molecule has 0 radical (unpaired) electrons. The van der Waals surface area contributed by atoms with Crippen LogP contribution in [0.1, 0.15) is 17.4 Å². The zero-order valence-electron chi connectivity index (χ0n) is 11.9. The lowest BCUT2D eigenvalue weighted by Crippen LogP contribution is -2.24. The molecule has 0 amide bonds. The van der Waals surface area contributed by atoms with Crippen molar-refractivity contribution in [2.24, 2.45) is 0 Å². The number of aromatic nitrogens is 3. The number of ether oxygens (including phenoxy) is 2. The summed E-state index contributed by atoms with van der Waals surface area (Å²) >= 11 is 1.42. The van der Waals surface area contributed by atoms with Gasteiger partial charge in [-0.05, 0) is 30.0 Å². The minimum atomic E-state index is -0.387. The van der Waals surface area contributed by atoms with Crippen molar-refractivity contribution in [2.75, 3.05) is 12.9 Å². The second kappa shape index (κ2) is 5.26. The highest BCUT2D eigenvalue weighted by atomic mass is 32.2. The highest BCUT2D eigenvalue weighted by Gasteiger charge is 2.32. The van der Waals surface area contributed by atoms with E-state index in [0.717, 1.165) is 5.57 Å². The van der Waals surface area contributed by atoms with Crippen LogP contribution in [-0.4, -0.2) is 27.2 Å². The Hall–Kier alpha value is -2.12. The van der Waals surface area contributed by atoms with Gasteiger partial charge >= 0.3 is 0 Å². The molecule has 0 fully saturated rings. The van der Waals surface area contributed by atoms with Crippen molar-refractivity contribution in [3.63, 3.8) is 0 Å². The first-order valence-electron chi connectivity index (χ1n) is 6.84. The van der Waals surface area contributed by atoms with Crippen molar-refractivity contribution in [3.8, 4) is 0 Å². The van der Waals surface area contributed by atoms with Gasteiger partial charge in [0.15, 0.2) is 5.16 Å². The molecule has 2 aromatic heterocycles. The summed E-state index contributed by atoms with van der Waals surface area (Å²) in [5.41, 5.74) is 2.72. The predicted octanol–water partition coefficient (Wildman–Crippen LogP) is 1.85. The normalized spacial score (nSPS) is 19.9. The monoisotopic (exact) mass is 315 g/mol. The van der Waals surface area contributed by atoms with Gasteiger partial charge in [0, 0.05) is 6.20 Å². The van der Waals surface area contributed by atoms with Crippen molar-refractivity contribution in [1.82, 2.24) is 14.4 Å². The molecule has 0 saturated heterocycles. The summed E-state index contributed by atoms with van der Waals surface area (Å²) in [5.74, 6) is 0. The summed E-state index contributed by atoms with van der Waals surface area (Å²) in [4.78, 5) is 21.8. The van der Waals surface area contributed by atoms with Crippen LogP contribution in [0.5, 0.6) is 0 Å². The van der Waals surface area contributed by atoms with Crippen molar-refractivity contribution in [1.29, 1.82) is 0 Å². The molecule has 0 saturated carbocycles. The molecule has 0 aromatic carbocycles. The highest BCUT2D eigenvalue weighted by Crippen LogP contribution is 2.34. The van der Waals surface area contributed by atoms with E-state index in [0.29, 0.717) is 35.3 Å². The zero-order chi connectivity index (χ0) is 15.1. The van der Waals surface area contributed by atoms with Crippen LogP contribution in [0.2, 0.25) is 0 Å². The molecule has 6 nitrogen and oxygen atoms in total. The van der Waals surface area contributed by atoms with Gasteiger partial charge in [-0.2, -0.15) is 0 Å². The molecule has 112 valence electrons. The number of nitrogens with zero attached hydrogens (tertiary/aromatic N) is 3. The predicted molar refractivity (Wildman–Crippen MR) is 81.7 cm³/mol. The van der Waals surface area contributed by atoms with Crippen LogP contribution in [0.3, 0.4) is 0 Å². The van der Waals surface area contributed by atoms with Crippen LogP contribution in [0, 0.1) is 0 Å². The largest absolute Gasteiger partial charge is 0.497 e. The van der Waals surface area contributed by atoms with Crippen LogP contribution >= 0.6 is 11.8 Å². The lowest BCUT2D eigenvalue weighted by Gasteiger charge is -2.15. The maximum atomic E-state index is 13.0. The second-order valence-electron chi connectivity index (χ2n) is 4.93. The molecule has 2 aromatic rings. The van der Waals surface area contributed by atoms with Crippen molar-refractivity contribution in [2.45, 2.75) is 17.9 Å². The van der Waals surface area contributed by atoms with E-state index >= 15 is 0 Å². The van der Waals surface area contributed by atoms with E-state index in [9.17, 15) is 4.79 Å². The Morgan fingerprint density at radius 3 is 3.14 bits per heavy atom. The van der Waals surface area contributed by atoms with Crippen LogP contribution in [0.15, 0.2) is 46.2 Å². The van der Waals surface area contributed by atoms with Crippen LogP contribution in [0.4, 0.5) is 0 Å². The van der Waals surface area contributed by atoms with Gasteiger partial charge in [-0.3, -0.25) is 4.79 Å². The number of fused-ring (bicyclic) bond motifs is 2. The molecule has 0 spiro atoms. The SMILES string of the molecule is CSc1nccc2nc3c(c(=O)n12)C(C1=CCOC=C1)OC3. The first-order valence-corrected chi connectivity index (χ1v) is 8.06. The van der Waals surface area contributed by atoms with E-state index in [1.54, 1.807) is 22.9 Å². The average molecular weight is 315 g/mol. The fourth-order valence-electron chi connectivity index (χ4n) is 2.73. The van der Waals surface area contributed by atoms with E-state index < -0.39 is 0 Å². The first kappa shape index (κ1) is 13.5. The second-order valence-corrected chi connectivity index (χ2v) is 5.71. The number of hydrogen-bond donors (Lipinski definition) is 0. The van der Waals surface area contributed by atoms with Crippen molar-refractivity contribution < 1.29 is 9.47 Å². The Balaban J connectivity index is 1.95. The molecule has 22 heavy (non-hydrogen) atoms. The Bertz CT molecular complexity index is 872. The van der Waals surface area contributed by atoms with E-state index in [1.165, 1.54) is 11.8 Å². The van der Waals surface area contributed by atoms with Crippen molar-refractivity contribution in [3.05, 3.63) is 57.9 Å². The number of hydrogen-bond acceptors (Lipinski definition) is 6.